The second-order valence-electron chi connectivity index (χ2n) is 9.00. The zero-order chi connectivity index (χ0) is 26.7. The van der Waals surface area contributed by atoms with Crippen molar-refractivity contribution >= 4 is 55.7 Å². The van der Waals surface area contributed by atoms with Crippen molar-refractivity contribution in [2.75, 3.05) is 37.0 Å². The lowest BCUT2D eigenvalue weighted by molar-refractivity contribution is 0.767. The van der Waals surface area contributed by atoms with Gasteiger partial charge in [0.05, 0.1) is 21.1 Å². The third-order valence-corrected chi connectivity index (χ3v) is 7.97. The summed E-state index contributed by atoms with van der Waals surface area (Å²) < 4.78 is 0. The Morgan fingerprint density at radius 3 is 1.37 bits per heavy atom. The van der Waals surface area contributed by atoms with Gasteiger partial charge in [-0.1, -0.05) is 49.4 Å². The van der Waals surface area contributed by atoms with Crippen molar-refractivity contribution in [3.05, 3.63) is 60.9 Å². The molecule has 0 radical (unpaired) electrons. The minimum absolute atomic E-state index is 0.602. The first kappa shape index (κ1) is 27.5. The molecule has 0 aliphatic rings. The molecule has 2 aromatic carbocycles. The molecule has 0 amide bonds. The SMILES string of the molecule is CCCCN(C)c1ccc(N=Nc2ncc(-c3cnc(N=Nc4ccc(N(C)CCCC)cc4)s3)s2)cc1. The molecule has 10 heteroatoms. The molecule has 0 saturated carbocycles. The molecule has 0 aliphatic carbocycles. The Balaban J connectivity index is 1.34. The maximum atomic E-state index is 4.40. The van der Waals surface area contributed by atoms with Gasteiger partial charge in [-0.2, -0.15) is 0 Å². The maximum absolute atomic E-state index is 4.40. The number of thiazole rings is 2. The second kappa shape index (κ2) is 13.9. The van der Waals surface area contributed by atoms with Crippen LogP contribution in [-0.2, 0) is 0 Å². The molecule has 4 aromatic rings. The van der Waals surface area contributed by atoms with E-state index in [9.17, 15) is 0 Å². The highest BCUT2D eigenvalue weighted by Gasteiger charge is 2.09. The fraction of sp³-hybridized carbons (Fsp3) is 0.357. The number of hydrogen-bond donors (Lipinski definition) is 0. The summed E-state index contributed by atoms with van der Waals surface area (Å²) in [5, 5.41) is 18.6. The maximum Gasteiger partial charge on any atom is 0.230 e. The number of anilines is 2. The summed E-state index contributed by atoms with van der Waals surface area (Å²) in [7, 11) is 4.22. The van der Waals surface area contributed by atoms with Gasteiger partial charge in [-0.05, 0) is 61.4 Å². The third kappa shape index (κ3) is 7.75. The Labute approximate surface area is 232 Å². The Morgan fingerprint density at radius 2 is 1.00 bits per heavy atom. The van der Waals surface area contributed by atoms with Crippen LogP contribution in [0.2, 0.25) is 0 Å². The smallest absolute Gasteiger partial charge is 0.230 e. The second-order valence-corrected chi connectivity index (χ2v) is 11.0. The first-order valence-electron chi connectivity index (χ1n) is 12.9. The average Bonchev–Trinajstić information content (AvgIpc) is 3.63. The monoisotopic (exact) mass is 546 g/mol. The number of benzene rings is 2. The molecule has 0 unspecified atom stereocenters. The molecule has 2 heterocycles. The normalized spacial score (nSPS) is 11.6. The van der Waals surface area contributed by atoms with E-state index < -0.39 is 0 Å². The van der Waals surface area contributed by atoms with Gasteiger partial charge < -0.3 is 9.80 Å². The Morgan fingerprint density at radius 1 is 0.605 bits per heavy atom. The summed E-state index contributed by atoms with van der Waals surface area (Å²) in [6.45, 7) is 6.50. The summed E-state index contributed by atoms with van der Waals surface area (Å²) in [4.78, 5) is 15.3. The molecule has 0 aliphatic heterocycles. The minimum atomic E-state index is 0.602. The van der Waals surface area contributed by atoms with Crippen LogP contribution >= 0.6 is 22.7 Å². The molecule has 0 bridgehead atoms. The average molecular weight is 547 g/mol. The van der Waals surface area contributed by atoms with Crippen molar-refractivity contribution in [3.63, 3.8) is 0 Å². The molecule has 4 rings (SSSR count). The molecule has 0 fully saturated rings. The quantitative estimate of drug-likeness (QED) is 0.156. The van der Waals surface area contributed by atoms with Gasteiger partial charge >= 0.3 is 0 Å². The molecule has 38 heavy (non-hydrogen) atoms. The van der Waals surface area contributed by atoms with Crippen LogP contribution in [0.4, 0.5) is 33.0 Å². The highest BCUT2D eigenvalue weighted by atomic mass is 32.1. The van der Waals surface area contributed by atoms with E-state index in [0.717, 1.165) is 34.2 Å². The molecule has 8 nitrogen and oxygen atoms in total. The lowest BCUT2D eigenvalue weighted by Gasteiger charge is -2.18. The van der Waals surface area contributed by atoms with Crippen LogP contribution in [0.5, 0.6) is 0 Å². The number of nitrogens with zero attached hydrogens (tertiary/aromatic N) is 8. The van der Waals surface area contributed by atoms with Crippen molar-refractivity contribution in [2.24, 2.45) is 20.5 Å². The van der Waals surface area contributed by atoms with Gasteiger partial charge in [-0.3, -0.25) is 0 Å². The Hall–Kier alpha value is -3.50. The van der Waals surface area contributed by atoms with E-state index in [-0.39, 0.29) is 0 Å². The van der Waals surface area contributed by atoms with Crippen LogP contribution in [0, 0.1) is 0 Å². The van der Waals surface area contributed by atoms with Crippen molar-refractivity contribution in [1.82, 2.24) is 9.97 Å². The van der Waals surface area contributed by atoms with Crippen molar-refractivity contribution < 1.29 is 0 Å². The van der Waals surface area contributed by atoms with E-state index in [4.69, 9.17) is 0 Å². The fourth-order valence-electron chi connectivity index (χ4n) is 3.65. The first-order chi connectivity index (χ1) is 18.6. The molecule has 0 N–H and O–H groups in total. The van der Waals surface area contributed by atoms with Gasteiger partial charge in [0.25, 0.3) is 0 Å². The van der Waals surface area contributed by atoms with Gasteiger partial charge in [-0.25, -0.2) is 9.97 Å². The lowest BCUT2D eigenvalue weighted by Crippen LogP contribution is -2.17. The van der Waals surface area contributed by atoms with Gasteiger partial charge in [0.2, 0.25) is 10.3 Å². The van der Waals surface area contributed by atoms with E-state index in [1.807, 2.05) is 24.3 Å². The Kier molecular flexibility index (Phi) is 10.1. The van der Waals surface area contributed by atoms with E-state index in [1.54, 1.807) is 12.4 Å². The molecule has 2 aromatic heterocycles. The predicted molar refractivity (Wildman–Crippen MR) is 161 cm³/mol. The van der Waals surface area contributed by atoms with Crippen LogP contribution in [0.1, 0.15) is 39.5 Å². The van der Waals surface area contributed by atoms with E-state index in [1.165, 1.54) is 59.7 Å². The van der Waals surface area contributed by atoms with Crippen molar-refractivity contribution in [3.8, 4) is 9.75 Å². The van der Waals surface area contributed by atoms with Crippen LogP contribution in [0.15, 0.2) is 81.4 Å². The lowest BCUT2D eigenvalue weighted by atomic mass is 10.2. The Bertz CT molecular complexity index is 1220. The fourth-order valence-corrected chi connectivity index (χ4v) is 5.18. The van der Waals surface area contributed by atoms with Gasteiger partial charge in [-0.15, -0.1) is 20.5 Å². The van der Waals surface area contributed by atoms with Crippen LogP contribution in [-0.4, -0.2) is 37.2 Å². The molecule has 0 saturated heterocycles. The minimum Gasteiger partial charge on any atom is -0.375 e. The molecule has 198 valence electrons. The standard InChI is InChI=1S/C28H34N8S2/c1-5-7-17-35(3)23-13-9-21(10-14-23)31-33-27-29-19-25(37-27)26-20-30-28(38-26)34-32-22-11-15-24(16-12-22)36(4)18-8-6-2/h9-16,19-20H,5-8,17-18H2,1-4H3. The summed E-state index contributed by atoms with van der Waals surface area (Å²) >= 11 is 2.95. The summed E-state index contributed by atoms with van der Waals surface area (Å²) in [6.07, 6.45) is 8.33. The third-order valence-electron chi connectivity index (χ3n) is 6.01. The van der Waals surface area contributed by atoms with Crippen LogP contribution < -0.4 is 9.80 Å². The van der Waals surface area contributed by atoms with Gasteiger partial charge in [0, 0.05) is 51.0 Å². The van der Waals surface area contributed by atoms with Gasteiger partial charge in [0.1, 0.15) is 0 Å². The molecule has 0 spiro atoms. The zero-order valence-corrected chi connectivity index (χ0v) is 24.0. The van der Waals surface area contributed by atoms with Crippen molar-refractivity contribution in [1.29, 1.82) is 0 Å². The highest BCUT2D eigenvalue weighted by molar-refractivity contribution is 7.25. The largest absolute Gasteiger partial charge is 0.375 e. The van der Waals surface area contributed by atoms with E-state index in [0.29, 0.717) is 10.3 Å². The van der Waals surface area contributed by atoms with Gasteiger partial charge in [0.15, 0.2) is 0 Å². The van der Waals surface area contributed by atoms with Crippen molar-refractivity contribution in [2.45, 2.75) is 39.5 Å². The number of rotatable bonds is 13. The zero-order valence-electron chi connectivity index (χ0n) is 22.4. The summed E-state index contributed by atoms with van der Waals surface area (Å²) in [5.41, 5.74) is 3.96. The number of hydrogen-bond acceptors (Lipinski definition) is 10. The van der Waals surface area contributed by atoms with E-state index in [2.05, 4.69) is 92.4 Å². The summed E-state index contributed by atoms with van der Waals surface area (Å²) in [6, 6.07) is 16.2. The van der Waals surface area contributed by atoms with Crippen LogP contribution in [0.3, 0.4) is 0 Å². The highest BCUT2D eigenvalue weighted by Crippen LogP contribution is 2.37. The number of unbranched alkanes of at least 4 members (excludes halogenated alkanes) is 2. The predicted octanol–water partition coefficient (Wildman–Crippen LogP) is 9.57. The van der Waals surface area contributed by atoms with E-state index >= 15 is 0 Å². The molecular formula is C28H34N8S2. The molecular weight excluding hydrogens is 512 g/mol. The summed E-state index contributed by atoms with van der Waals surface area (Å²) in [5.74, 6) is 0. The van der Waals surface area contributed by atoms with Crippen LogP contribution in [0.25, 0.3) is 9.75 Å². The topological polar surface area (TPSA) is 81.7 Å². The molecule has 0 atom stereocenters. The number of aromatic nitrogens is 2. The number of azo groups is 2. The first-order valence-corrected chi connectivity index (χ1v) is 14.6.